The van der Waals surface area contributed by atoms with Gasteiger partial charge in [-0.3, -0.25) is 0 Å². The van der Waals surface area contributed by atoms with Crippen LogP contribution in [-0.2, 0) is 16.1 Å². The SMILES string of the molecule is COC(=O)/C(=C/O)c1ccccc1COc1cc(C)nc(SC)n1. The molecule has 0 spiro atoms. The highest BCUT2D eigenvalue weighted by molar-refractivity contribution is 7.98. The lowest BCUT2D eigenvalue weighted by atomic mass is 10.0. The molecule has 0 aliphatic carbocycles. The van der Waals surface area contributed by atoms with Gasteiger partial charge >= 0.3 is 5.97 Å². The summed E-state index contributed by atoms with van der Waals surface area (Å²) in [5.74, 6) is -0.165. The Balaban J connectivity index is 2.25. The van der Waals surface area contributed by atoms with Gasteiger partial charge in [-0.2, -0.15) is 4.98 Å². The van der Waals surface area contributed by atoms with E-state index >= 15 is 0 Å². The highest BCUT2D eigenvalue weighted by atomic mass is 32.2. The molecule has 1 heterocycles. The number of rotatable bonds is 6. The monoisotopic (exact) mass is 346 g/mol. The molecular formula is C17H18N2O4S. The predicted molar refractivity (Wildman–Crippen MR) is 91.9 cm³/mol. The van der Waals surface area contributed by atoms with Crippen molar-refractivity contribution in [1.82, 2.24) is 9.97 Å². The number of benzene rings is 1. The summed E-state index contributed by atoms with van der Waals surface area (Å²) < 4.78 is 10.4. The van der Waals surface area contributed by atoms with Crippen LogP contribution in [0, 0.1) is 6.92 Å². The number of aliphatic hydroxyl groups is 1. The fraction of sp³-hybridized carbons (Fsp3) is 0.235. The summed E-state index contributed by atoms with van der Waals surface area (Å²) in [6.45, 7) is 2.06. The molecule has 0 atom stereocenters. The number of nitrogens with zero attached hydrogens (tertiary/aromatic N) is 2. The molecule has 0 saturated heterocycles. The number of ether oxygens (including phenoxy) is 2. The predicted octanol–water partition coefficient (Wildman–Crippen LogP) is 3.16. The van der Waals surface area contributed by atoms with Gasteiger partial charge in [0.05, 0.1) is 13.4 Å². The maximum absolute atomic E-state index is 11.8. The van der Waals surface area contributed by atoms with Gasteiger partial charge in [-0.05, 0) is 24.3 Å². The quantitative estimate of drug-likeness (QED) is 0.283. The molecule has 0 amide bonds. The number of hydrogen-bond donors (Lipinski definition) is 1. The van der Waals surface area contributed by atoms with Gasteiger partial charge < -0.3 is 14.6 Å². The molecule has 0 unspecified atom stereocenters. The third-order valence-electron chi connectivity index (χ3n) is 3.21. The summed E-state index contributed by atoms with van der Waals surface area (Å²) in [6.07, 6.45) is 2.63. The number of aryl methyl sites for hydroxylation is 1. The number of carbonyl (C=O) groups is 1. The van der Waals surface area contributed by atoms with Crippen molar-refractivity contribution in [2.45, 2.75) is 18.7 Å². The van der Waals surface area contributed by atoms with Crippen molar-refractivity contribution in [2.24, 2.45) is 0 Å². The highest BCUT2D eigenvalue weighted by Crippen LogP contribution is 2.22. The zero-order chi connectivity index (χ0) is 17.5. The van der Waals surface area contributed by atoms with Crippen LogP contribution in [0.1, 0.15) is 16.8 Å². The van der Waals surface area contributed by atoms with Gasteiger partial charge in [0, 0.05) is 11.8 Å². The summed E-state index contributed by atoms with van der Waals surface area (Å²) in [6, 6.07) is 8.87. The molecule has 7 heteroatoms. The van der Waals surface area contributed by atoms with E-state index in [1.54, 1.807) is 18.2 Å². The Morgan fingerprint density at radius 1 is 1.33 bits per heavy atom. The molecule has 0 aliphatic rings. The Bertz CT molecular complexity index is 762. The molecule has 126 valence electrons. The molecule has 24 heavy (non-hydrogen) atoms. The van der Waals surface area contributed by atoms with Crippen LogP contribution in [0.15, 0.2) is 41.8 Å². The van der Waals surface area contributed by atoms with Crippen LogP contribution >= 0.6 is 11.8 Å². The average Bonchev–Trinajstić information content (AvgIpc) is 2.60. The second-order valence-corrected chi connectivity index (χ2v) is 5.59. The third-order valence-corrected chi connectivity index (χ3v) is 3.76. The first-order valence-corrected chi connectivity index (χ1v) is 8.35. The summed E-state index contributed by atoms with van der Waals surface area (Å²) in [4.78, 5) is 20.3. The number of aromatic nitrogens is 2. The van der Waals surface area contributed by atoms with Crippen molar-refractivity contribution < 1.29 is 19.4 Å². The van der Waals surface area contributed by atoms with Crippen molar-refractivity contribution in [1.29, 1.82) is 0 Å². The first-order valence-electron chi connectivity index (χ1n) is 7.12. The molecule has 0 bridgehead atoms. The summed E-state index contributed by atoms with van der Waals surface area (Å²) >= 11 is 1.43. The third kappa shape index (κ3) is 4.26. The summed E-state index contributed by atoms with van der Waals surface area (Å²) in [7, 11) is 1.26. The van der Waals surface area contributed by atoms with Crippen LogP contribution in [0.25, 0.3) is 5.57 Å². The Morgan fingerprint density at radius 3 is 2.75 bits per heavy atom. The minimum atomic E-state index is -0.618. The van der Waals surface area contributed by atoms with Crippen LogP contribution in [0.2, 0.25) is 0 Å². The fourth-order valence-corrected chi connectivity index (χ4v) is 2.50. The van der Waals surface area contributed by atoms with Gasteiger partial charge in [0.15, 0.2) is 5.16 Å². The van der Waals surface area contributed by atoms with E-state index in [0.717, 1.165) is 17.5 Å². The topological polar surface area (TPSA) is 81.5 Å². The average molecular weight is 346 g/mol. The standard InChI is InChI=1S/C17H18N2O4S/c1-11-8-15(19-17(18-11)24-3)23-10-12-6-4-5-7-13(12)14(9-20)16(21)22-2/h4-9,20H,10H2,1-3H3/b14-9+. The molecular weight excluding hydrogens is 328 g/mol. The van der Waals surface area contributed by atoms with E-state index in [9.17, 15) is 9.90 Å². The van der Waals surface area contributed by atoms with E-state index in [1.807, 2.05) is 25.3 Å². The van der Waals surface area contributed by atoms with Crippen molar-refractivity contribution in [2.75, 3.05) is 13.4 Å². The van der Waals surface area contributed by atoms with Gasteiger partial charge in [0.2, 0.25) is 5.88 Å². The Kier molecular flexibility index (Phi) is 6.20. The first-order chi connectivity index (χ1) is 11.6. The molecule has 0 aliphatic heterocycles. The molecule has 1 aromatic carbocycles. The van der Waals surface area contributed by atoms with Gasteiger partial charge in [-0.15, -0.1) is 0 Å². The Hall–Kier alpha value is -2.54. The van der Waals surface area contributed by atoms with E-state index in [0.29, 0.717) is 16.6 Å². The van der Waals surface area contributed by atoms with E-state index < -0.39 is 5.97 Å². The number of hydrogen-bond acceptors (Lipinski definition) is 7. The van der Waals surface area contributed by atoms with Crippen molar-refractivity contribution in [3.05, 3.63) is 53.4 Å². The second-order valence-electron chi connectivity index (χ2n) is 4.81. The number of carbonyl (C=O) groups excluding carboxylic acids is 1. The number of esters is 1. The number of aliphatic hydroxyl groups excluding tert-OH is 1. The van der Waals surface area contributed by atoms with Crippen molar-refractivity contribution >= 4 is 23.3 Å². The van der Waals surface area contributed by atoms with E-state index in [4.69, 9.17) is 9.47 Å². The van der Waals surface area contributed by atoms with Crippen LogP contribution in [0.4, 0.5) is 0 Å². The van der Waals surface area contributed by atoms with Crippen molar-refractivity contribution in [3.8, 4) is 5.88 Å². The van der Waals surface area contributed by atoms with E-state index in [1.165, 1.54) is 18.9 Å². The van der Waals surface area contributed by atoms with Crippen LogP contribution < -0.4 is 4.74 Å². The number of thioether (sulfide) groups is 1. The normalized spacial score (nSPS) is 11.2. The zero-order valence-corrected chi connectivity index (χ0v) is 14.5. The molecule has 1 N–H and O–H groups in total. The Labute approximate surface area is 144 Å². The molecule has 0 radical (unpaired) electrons. The fourth-order valence-electron chi connectivity index (χ4n) is 2.08. The van der Waals surface area contributed by atoms with Gasteiger partial charge in [-0.1, -0.05) is 36.0 Å². The van der Waals surface area contributed by atoms with Gasteiger partial charge in [0.1, 0.15) is 12.2 Å². The minimum absolute atomic E-state index is 0.0698. The van der Waals surface area contributed by atoms with E-state index in [-0.39, 0.29) is 12.2 Å². The lowest BCUT2D eigenvalue weighted by molar-refractivity contribution is -0.133. The lowest BCUT2D eigenvalue weighted by Crippen LogP contribution is -2.08. The lowest BCUT2D eigenvalue weighted by Gasteiger charge is -2.12. The zero-order valence-electron chi connectivity index (χ0n) is 13.6. The second kappa shape index (κ2) is 8.35. The first kappa shape index (κ1) is 17.8. The molecule has 2 aromatic rings. The summed E-state index contributed by atoms with van der Waals surface area (Å²) in [5, 5.41) is 10.00. The van der Waals surface area contributed by atoms with Crippen LogP contribution in [0.3, 0.4) is 0 Å². The van der Waals surface area contributed by atoms with Crippen LogP contribution in [-0.4, -0.2) is 34.4 Å². The maximum Gasteiger partial charge on any atom is 0.341 e. The molecule has 6 nitrogen and oxygen atoms in total. The molecule has 1 aromatic heterocycles. The summed E-state index contributed by atoms with van der Waals surface area (Å²) in [5.41, 5.74) is 2.15. The van der Waals surface area contributed by atoms with Crippen LogP contribution in [0.5, 0.6) is 5.88 Å². The van der Waals surface area contributed by atoms with Gasteiger partial charge in [0.25, 0.3) is 0 Å². The maximum atomic E-state index is 11.8. The molecule has 0 saturated carbocycles. The molecule has 0 fully saturated rings. The smallest absolute Gasteiger partial charge is 0.341 e. The van der Waals surface area contributed by atoms with Gasteiger partial charge in [-0.25, -0.2) is 9.78 Å². The number of methoxy groups -OCH3 is 1. The molecule has 2 rings (SSSR count). The van der Waals surface area contributed by atoms with Crippen molar-refractivity contribution in [3.63, 3.8) is 0 Å². The van der Waals surface area contributed by atoms with E-state index in [2.05, 4.69) is 9.97 Å². The Morgan fingerprint density at radius 2 is 2.08 bits per heavy atom. The largest absolute Gasteiger partial charge is 0.515 e. The minimum Gasteiger partial charge on any atom is -0.515 e. The highest BCUT2D eigenvalue weighted by Gasteiger charge is 2.16.